The van der Waals surface area contributed by atoms with Crippen LogP contribution in [0.4, 0.5) is 4.79 Å². The topological polar surface area (TPSA) is 55.8 Å². The fourth-order valence-electron chi connectivity index (χ4n) is 2.60. The molecule has 0 radical (unpaired) electrons. The molecule has 174 valence electrons. The van der Waals surface area contributed by atoms with Gasteiger partial charge in [-0.25, -0.2) is 9.69 Å². The van der Waals surface area contributed by atoms with E-state index in [1.54, 1.807) is 64.3 Å². The normalized spacial score (nSPS) is 11.9. The highest BCUT2D eigenvalue weighted by Gasteiger charge is 2.25. The minimum atomic E-state index is -0.732. The molecule has 2 aromatic rings. The molecule has 0 fully saturated rings. The SMILES string of the molecule is COc1ccc(/C=C\CN(C(=O)/C=C/C=C/c2ccc(Cl)cc2Cl)C(=O)OC(C)(C)C)cc1. The Bertz CT molecular complexity index is 1050. The predicted octanol–water partition coefficient (Wildman–Crippen LogP) is 7.05. The Morgan fingerprint density at radius 1 is 1.00 bits per heavy atom. The van der Waals surface area contributed by atoms with E-state index in [0.717, 1.165) is 21.8 Å². The summed E-state index contributed by atoms with van der Waals surface area (Å²) in [7, 11) is 1.60. The molecule has 2 aromatic carbocycles. The van der Waals surface area contributed by atoms with E-state index in [4.69, 9.17) is 32.7 Å². The molecular formula is C26H27Cl2NO4. The van der Waals surface area contributed by atoms with Gasteiger partial charge in [-0.2, -0.15) is 0 Å². The third kappa shape index (κ3) is 9.16. The fourth-order valence-corrected chi connectivity index (χ4v) is 3.08. The zero-order valence-electron chi connectivity index (χ0n) is 19.0. The van der Waals surface area contributed by atoms with Crippen molar-refractivity contribution in [1.82, 2.24) is 4.90 Å². The van der Waals surface area contributed by atoms with Gasteiger partial charge in [-0.05, 0) is 56.2 Å². The number of amides is 2. The molecule has 0 saturated carbocycles. The van der Waals surface area contributed by atoms with E-state index in [1.807, 2.05) is 30.3 Å². The lowest BCUT2D eigenvalue weighted by atomic mass is 10.2. The molecule has 5 nitrogen and oxygen atoms in total. The van der Waals surface area contributed by atoms with Crippen LogP contribution in [-0.4, -0.2) is 36.2 Å². The second kappa shape index (κ2) is 12.3. The quantitative estimate of drug-likeness (QED) is 0.310. The Hall–Kier alpha value is -3.02. The zero-order chi connectivity index (χ0) is 24.4. The van der Waals surface area contributed by atoms with Crippen molar-refractivity contribution < 1.29 is 19.1 Å². The summed E-state index contributed by atoms with van der Waals surface area (Å²) in [4.78, 5) is 26.4. The van der Waals surface area contributed by atoms with Crippen LogP contribution in [0.2, 0.25) is 10.0 Å². The lowest BCUT2D eigenvalue weighted by molar-refractivity contribution is -0.124. The first-order valence-electron chi connectivity index (χ1n) is 10.2. The maximum absolute atomic E-state index is 12.7. The molecular weight excluding hydrogens is 461 g/mol. The van der Waals surface area contributed by atoms with Crippen molar-refractivity contribution in [2.24, 2.45) is 0 Å². The van der Waals surface area contributed by atoms with Crippen LogP contribution in [0.3, 0.4) is 0 Å². The number of benzene rings is 2. The second-order valence-corrected chi connectivity index (χ2v) is 8.83. The number of hydrogen-bond acceptors (Lipinski definition) is 4. The molecule has 0 aliphatic rings. The van der Waals surface area contributed by atoms with Crippen molar-refractivity contribution in [2.75, 3.05) is 13.7 Å². The molecule has 0 aliphatic carbocycles. The molecule has 2 rings (SSSR count). The highest BCUT2D eigenvalue weighted by Crippen LogP contribution is 2.22. The van der Waals surface area contributed by atoms with Crippen molar-refractivity contribution in [3.63, 3.8) is 0 Å². The van der Waals surface area contributed by atoms with E-state index in [1.165, 1.54) is 12.2 Å². The van der Waals surface area contributed by atoms with E-state index < -0.39 is 17.6 Å². The van der Waals surface area contributed by atoms with Gasteiger partial charge in [0.05, 0.1) is 13.7 Å². The third-order valence-corrected chi connectivity index (χ3v) is 4.74. The molecule has 2 amide bonds. The third-order valence-electron chi connectivity index (χ3n) is 4.18. The van der Waals surface area contributed by atoms with Crippen LogP contribution in [0.1, 0.15) is 31.9 Å². The van der Waals surface area contributed by atoms with Crippen molar-refractivity contribution in [1.29, 1.82) is 0 Å². The van der Waals surface area contributed by atoms with E-state index in [0.29, 0.717) is 10.0 Å². The molecule has 0 N–H and O–H groups in total. The number of methoxy groups -OCH3 is 1. The summed E-state index contributed by atoms with van der Waals surface area (Å²) in [6.45, 7) is 5.29. The lowest BCUT2D eigenvalue weighted by Gasteiger charge is -2.24. The Morgan fingerprint density at radius 2 is 1.70 bits per heavy atom. The molecule has 0 atom stereocenters. The summed E-state index contributed by atoms with van der Waals surface area (Å²) in [6.07, 6.45) is 9.05. The number of imide groups is 1. The van der Waals surface area contributed by atoms with Gasteiger partial charge in [-0.15, -0.1) is 0 Å². The van der Waals surface area contributed by atoms with Crippen LogP contribution >= 0.6 is 23.2 Å². The number of carbonyl (C=O) groups excluding carboxylic acids is 2. The van der Waals surface area contributed by atoms with Crippen LogP contribution in [0, 0.1) is 0 Å². The van der Waals surface area contributed by atoms with Gasteiger partial charge in [0, 0.05) is 16.1 Å². The highest BCUT2D eigenvalue weighted by atomic mass is 35.5. The van der Waals surface area contributed by atoms with Gasteiger partial charge in [0.15, 0.2) is 0 Å². The van der Waals surface area contributed by atoms with Gasteiger partial charge < -0.3 is 9.47 Å². The summed E-state index contributed by atoms with van der Waals surface area (Å²) in [5.74, 6) is 0.242. The molecule has 0 spiro atoms. The zero-order valence-corrected chi connectivity index (χ0v) is 20.6. The number of allylic oxidation sites excluding steroid dienone is 2. The summed E-state index contributed by atoms with van der Waals surface area (Å²) in [6, 6.07) is 12.5. The minimum Gasteiger partial charge on any atom is -0.497 e. The number of hydrogen-bond donors (Lipinski definition) is 0. The van der Waals surface area contributed by atoms with Crippen molar-refractivity contribution >= 4 is 47.4 Å². The van der Waals surface area contributed by atoms with Crippen molar-refractivity contribution in [3.05, 3.63) is 87.9 Å². The monoisotopic (exact) mass is 487 g/mol. The number of nitrogens with zero attached hydrogens (tertiary/aromatic N) is 1. The van der Waals surface area contributed by atoms with Crippen LogP contribution in [0.25, 0.3) is 12.2 Å². The predicted molar refractivity (Wildman–Crippen MR) is 135 cm³/mol. The van der Waals surface area contributed by atoms with E-state index in [2.05, 4.69) is 0 Å². The van der Waals surface area contributed by atoms with Crippen LogP contribution in [-0.2, 0) is 9.53 Å². The largest absolute Gasteiger partial charge is 0.497 e. The molecule has 0 heterocycles. The summed E-state index contributed by atoms with van der Waals surface area (Å²) >= 11 is 12.0. The summed E-state index contributed by atoms with van der Waals surface area (Å²) in [5, 5.41) is 1.04. The molecule has 33 heavy (non-hydrogen) atoms. The van der Waals surface area contributed by atoms with Crippen molar-refractivity contribution in [2.45, 2.75) is 26.4 Å². The molecule has 0 bridgehead atoms. The number of ether oxygens (including phenoxy) is 2. The van der Waals surface area contributed by atoms with E-state index in [9.17, 15) is 9.59 Å². The molecule has 0 aromatic heterocycles. The van der Waals surface area contributed by atoms with Gasteiger partial charge in [0.2, 0.25) is 0 Å². The van der Waals surface area contributed by atoms with Gasteiger partial charge >= 0.3 is 6.09 Å². The summed E-state index contributed by atoms with van der Waals surface area (Å²) < 4.78 is 10.5. The average molecular weight is 488 g/mol. The molecule has 0 unspecified atom stereocenters. The maximum atomic E-state index is 12.7. The maximum Gasteiger partial charge on any atom is 0.417 e. The highest BCUT2D eigenvalue weighted by molar-refractivity contribution is 6.35. The van der Waals surface area contributed by atoms with E-state index >= 15 is 0 Å². The standard InChI is InChI=1S/C26H27Cl2NO4/c1-26(2,3)33-25(31)29(17-7-8-19-11-15-22(32-4)16-12-19)24(30)10-6-5-9-20-13-14-21(27)18-23(20)28/h5-16,18H,17H2,1-4H3/b8-7-,9-5+,10-6+. The molecule has 0 saturated heterocycles. The van der Waals surface area contributed by atoms with Gasteiger partial charge in [-0.1, -0.05) is 71.8 Å². The lowest BCUT2D eigenvalue weighted by Crippen LogP contribution is -2.40. The van der Waals surface area contributed by atoms with Gasteiger partial charge in [0.1, 0.15) is 11.4 Å². The van der Waals surface area contributed by atoms with Crippen molar-refractivity contribution in [3.8, 4) is 5.75 Å². The van der Waals surface area contributed by atoms with E-state index in [-0.39, 0.29) is 6.54 Å². The first-order chi connectivity index (χ1) is 15.6. The Balaban J connectivity index is 2.11. The molecule has 7 heteroatoms. The Morgan fingerprint density at radius 3 is 2.30 bits per heavy atom. The van der Waals surface area contributed by atoms with Crippen LogP contribution < -0.4 is 4.74 Å². The second-order valence-electron chi connectivity index (χ2n) is 7.99. The van der Waals surface area contributed by atoms with Gasteiger partial charge in [0.25, 0.3) is 5.91 Å². The first kappa shape index (κ1) is 26.2. The number of halogens is 2. The Labute approximate surface area is 204 Å². The Kier molecular flexibility index (Phi) is 9.76. The van der Waals surface area contributed by atoms with Crippen LogP contribution in [0.15, 0.2) is 66.8 Å². The van der Waals surface area contributed by atoms with Crippen LogP contribution in [0.5, 0.6) is 5.75 Å². The average Bonchev–Trinajstić information content (AvgIpc) is 2.74. The minimum absolute atomic E-state index is 0.0524. The number of rotatable bonds is 7. The van der Waals surface area contributed by atoms with Gasteiger partial charge in [-0.3, -0.25) is 4.79 Å². The fraction of sp³-hybridized carbons (Fsp3) is 0.231. The smallest absolute Gasteiger partial charge is 0.417 e. The number of carbonyl (C=O) groups is 2. The molecule has 0 aliphatic heterocycles. The first-order valence-corrected chi connectivity index (χ1v) is 11.0. The summed E-state index contributed by atoms with van der Waals surface area (Å²) in [5.41, 5.74) is 0.930.